The summed E-state index contributed by atoms with van der Waals surface area (Å²) >= 11 is 5.06. The number of carbonyl (C=O) groups excluding carboxylic acids is 1. The Hall–Kier alpha value is -1.63. The van der Waals surface area contributed by atoms with Crippen molar-refractivity contribution in [2.24, 2.45) is 0 Å². The molecule has 0 aliphatic heterocycles. The van der Waals surface area contributed by atoms with Crippen LogP contribution in [-0.4, -0.2) is 23.7 Å². The van der Waals surface area contributed by atoms with E-state index in [9.17, 15) is 4.79 Å². The van der Waals surface area contributed by atoms with Crippen LogP contribution >= 0.6 is 34.4 Å². The molecule has 0 spiro atoms. The van der Waals surface area contributed by atoms with Crippen molar-refractivity contribution >= 4 is 40.3 Å². The number of fused-ring (bicyclic) bond motifs is 3. The van der Waals surface area contributed by atoms with Crippen LogP contribution in [0.1, 0.15) is 27.0 Å². The van der Waals surface area contributed by atoms with E-state index in [1.807, 2.05) is 12.4 Å². The molecule has 0 fully saturated rings. The SMILES string of the molecule is CCNC(=O)c1sc(-c2ccc(SC)cc2)c2c1CCc1scnc1-2. The van der Waals surface area contributed by atoms with E-state index in [1.54, 1.807) is 34.4 Å². The van der Waals surface area contributed by atoms with Gasteiger partial charge in [0.2, 0.25) is 0 Å². The number of nitrogens with zero attached hydrogens (tertiary/aromatic N) is 1. The van der Waals surface area contributed by atoms with Gasteiger partial charge in [-0.15, -0.1) is 34.4 Å². The Kier molecular flexibility index (Phi) is 4.67. The highest BCUT2D eigenvalue weighted by Crippen LogP contribution is 2.47. The molecular weight excluding hydrogens is 368 g/mol. The Balaban J connectivity index is 1.90. The highest BCUT2D eigenvalue weighted by atomic mass is 32.2. The molecule has 3 aromatic rings. The van der Waals surface area contributed by atoms with Gasteiger partial charge in [0.25, 0.3) is 5.91 Å². The number of aromatic nitrogens is 1. The fraction of sp³-hybridized carbons (Fsp3) is 0.263. The first-order chi connectivity index (χ1) is 12.2. The van der Waals surface area contributed by atoms with E-state index in [1.165, 1.54) is 20.9 Å². The average Bonchev–Trinajstić information content (AvgIpc) is 3.26. The first kappa shape index (κ1) is 16.8. The van der Waals surface area contributed by atoms with Crippen molar-refractivity contribution in [2.45, 2.75) is 24.7 Å². The van der Waals surface area contributed by atoms with E-state index in [-0.39, 0.29) is 5.91 Å². The van der Waals surface area contributed by atoms with Gasteiger partial charge < -0.3 is 5.32 Å². The molecule has 0 atom stereocenters. The highest BCUT2D eigenvalue weighted by molar-refractivity contribution is 7.98. The van der Waals surface area contributed by atoms with Crippen molar-refractivity contribution in [3.8, 4) is 21.7 Å². The van der Waals surface area contributed by atoms with Crippen LogP contribution in [0, 0.1) is 0 Å². The van der Waals surface area contributed by atoms with Crippen molar-refractivity contribution in [1.82, 2.24) is 10.3 Å². The number of aryl methyl sites for hydroxylation is 1. The van der Waals surface area contributed by atoms with E-state index in [2.05, 4.69) is 40.8 Å². The summed E-state index contributed by atoms with van der Waals surface area (Å²) in [5, 5.41) is 2.96. The largest absolute Gasteiger partial charge is 0.352 e. The minimum Gasteiger partial charge on any atom is -0.352 e. The number of hydrogen-bond acceptors (Lipinski definition) is 5. The second-order valence-electron chi connectivity index (χ2n) is 5.83. The molecule has 0 bridgehead atoms. The number of thiazole rings is 1. The molecule has 0 saturated heterocycles. The molecule has 0 unspecified atom stereocenters. The smallest absolute Gasteiger partial charge is 0.261 e. The van der Waals surface area contributed by atoms with E-state index in [0.717, 1.165) is 33.9 Å². The summed E-state index contributed by atoms with van der Waals surface area (Å²) in [6.45, 7) is 2.60. The average molecular weight is 387 g/mol. The fourth-order valence-corrected chi connectivity index (χ4v) is 5.67. The minimum atomic E-state index is 0.0365. The quantitative estimate of drug-likeness (QED) is 0.634. The Labute approximate surface area is 159 Å². The van der Waals surface area contributed by atoms with E-state index in [4.69, 9.17) is 0 Å². The summed E-state index contributed by atoms with van der Waals surface area (Å²) in [5.74, 6) is 0.0365. The summed E-state index contributed by atoms with van der Waals surface area (Å²) < 4.78 is 0. The van der Waals surface area contributed by atoms with Gasteiger partial charge in [-0.2, -0.15) is 0 Å². The van der Waals surface area contributed by atoms with Crippen molar-refractivity contribution in [1.29, 1.82) is 0 Å². The van der Waals surface area contributed by atoms with Crippen molar-refractivity contribution in [2.75, 3.05) is 12.8 Å². The molecule has 25 heavy (non-hydrogen) atoms. The van der Waals surface area contributed by atoms with Crippen LogP contribution < -0.4 is 5.32 Å². The van der Waals surface area contributed by atoms with Gasteiger partial charge in [-0.25, -0.2) is 4.98 Å². The number of hydrogen-bond donors (Lipinski definition) is 1. The predicted molar refractivity (Wildman–Crippen MR) is 108 cm³/mol. The van der Waals surface area contributed by atoms with Crippen LogP contribution in [0.4, 0.5) is 0 Å². The molecule has 128 valence electrons. The van der Waals surface area contributed by atoms with Crippen molar-refractivity contribution in [3.05, 3.63) is 45.1 Å². The monoisotopic (exact) mass is 386 g/mol. The topological polar surface area (TPSA) is 42.0 Å². The Morgan fingerprint density at radius 3 is 2.80 bits per heavy atom. The maximum absolute atomic E-state index is 12.6. The second-order valence-corrected chi connectivity index (χ2v) is 8.67. The van der Waals surface area contributed by atoms with E-state index >= 15 is 0 Å². The maximum atomic E-state index is 12.6. The van der Waals surface area contributed by atoms with Gasteiger partial charge in [-0.1, -0.05) is 12.1 Å². The summed E-state index contributed by atoms with van der Waals surface area (Å²) in [4.78, 5) is 21.8. The van der Waals surface area contributed by atoms with Gasteiger partial charge in [0, 0.05) is 26.8 Å². The molecule has 1 aromatic carbocycles. The van der Waals surface area contributed by atoms with Crippen LogP contribution in [0.2, 0.25) is 0 Å². The first-order valence-electron chi connectivity index (χ1n) is 8.24. The molecule has 1 N–H and O–H groups in total. The number of amides is 1. The lowest BCUT2D eigenvalue weighted by Gasteiger charge is -2.14. The zero-order valence-corrected chi connectivity index (χ0v) is 16.5. The zero-order valence-electron chi connectivity index (χ0n) is 14.1. The van der Waals surface area contributed by atoms with Crippen molar-refractivity contribution in [3.63, 3.8) is 0 Å². The molecule has 4 rings (SSSR count). The molecule has 1 aliphatic carbocycles. The number of nitrogens with one attached hydrogen (secondary N) is 1. The number of rotatable bonds is 4. The zero-order chi connectivity index (χ0) is 17.4. The molecule has 2 aromatic heterocycles. The number of thiophene rings is 1. The predicted octanol–water partition coefficient (Wildman–Crippen LogP) is 5.11. The lowest BCUT2D eigenvalue weighted by molar-refractivity contribution is 0.0959. The summed E-state index contributed by atoms with van der Waals surface area (Å²) in [5.41, 5.74) is 6.49. The molecule has 0 saturated carbocycles. The van der Waals surface area contributed by atoms with Gasteiger partial charge in [0.15, 0.2) is 0 Å². The van der Waals surface area contributed by atoms with Crippen LogP contribution in [0.3, 0.4) is 0 Å². The third kappa shape index (κ3) is 2.92. The first-order valence-corrected chi connectivity index (χ1v) is 11.2. The number of carbonyl (C=O) groups is 1. The number of thioether (sulfide) groups is 1. The third-order valence-electron chi connectivity index (χ3n) is 4.38. The third-order valence-corrected chi connectivity index (χ3v) is 7.30. The molecular formula is C19H18N2OS3. The Bertz CT molecular complexity index is 925. The molecule has 1 aliphatic rings. The highest BCUT2D eigenvalue weighted by Gasteiger charge is 2.29. The normalized spacial score (nSPS) is 12.6. The van der Waals surface area contributed by atoms with Crippen LogP contribution in [0.25, 0.3) is 21.7 Å². The molecule has 0 radical (unpaired) electrons. The minimum absolute atomic E-state index is 0.0365. The lowest BCUT2D eigenvalue weighted by Crippen LogP contribution is -2.23. The Morgan fingerprint density at radius 1 is 1.28 bits per heavy atom. The van der Waals surface area contributed by atoms with Gasteiger partial charge >= 0.3 is 0 Å². The summed E-state index contributed by atoms with van der Waals surface area (Å²) in [6, 6.07) is 8.59. The standard InChI is InChI=1S/C19H18N2OS3/c1-3-20-19(22)18-13-8-9-14-16(21-10-24-14)15(13)17(25-18)11-4-6-12(23-2)7-5-11/h4-7,10H,3,8-9H2,1-2H3,(H,20,22). The lowest BCUT2D eigenvalue weighted by atomic mass is 9.92. The van der Waals surface area contributed by atoms with Crippen LogP contribution in [0.15, 0.2) is 34.7 Å². The maximum Gasteiger partial charge on any atom is 0.261 e. The second kappa shape index (κ2) is 6.94. The van der Waals surface area contributed by atoms with Gasteiger partial charge in [-0.3, -0.25) is 4.79 Å². The fourth-order valence-electron chi connectivity index (χ4n) is 3.21. The number of benzene rings is 1. The molecule has 3 nitrogen and oxygen atoms in total. The van der Waals surface area contributed by atoms with Crippen LogP contribution in [0.5, 0.6) is 0 Å². The van der Waals surface area contributed by atoms with E-state index in [0.29, 0.717) is 6.54 Å². The molecule has 2 heterocycles. The van der Waals surface area contributed by atoms with Crippen molar-refractivity contribution < 1.29 is 4.79 Å². The molecule has 6 heteroatoms. The van der Waals surface area contributed by atoms with E-state index < -0.39 is 0 Å². The van der Waals surface area contributed by atoms with Gasteiger partial charge in [-0.05, 0) is 49.3 Å². The molecule has 1 amide bonds. The van der Waals surface area contributed by atoms with Gasteiger partial charge in [0.05, 0.1) is 16.1 Å². The van der Waals surface area contributed by atoms with Gasteiger partial charge in [0.1, 0.15) is 0 Å². The summed E-state index contributed by atoms with van der Waals surface area (Å²) in [6.07, 6.45) is 3.97. The summed E-state index contributed by atoms with van der Waals surface area (Å²) in [7, 11) is 0. The Morgan fingerprint density at radius 2 is 2.08 bits per heavy atom. The van der Waals surface area contributed by atoms with Crippen LogP contribution in [-0.2, 0) is 12.8 Å².